The van der Waals surface area contributed by atoms with Crippen LogP contribution < -0.4 is 5.73 Å². The fourth-order valence-electron chi connectivity index (χ4n) is 2.54. The molecule has 160 valence electrons. The van der Waals surface area contributed by atoms with Crippen LogP contribution in [0.5, 0.6) is 0 Å². The van der Waals surface area contributed by atoms with Crippen LogP contribution in [0.1, 0.15) is 16.2 Å². The molecule has 0 aliphatic heterocycles. The fourth-order valence-corrected chi connectivity index (χ4v) is 3.34. The van der Waals surface area contributed by atoms with Crippen molar-refractivity contribution in [3.63, 3.8) is 0 Å². The topological polar surface area (TPSA) is 134 Å². The molecule has 9 nitrogen and oxygen atoms in total. The SMILES string of the molecule is Cn1c(-c2nc(C(N)=O)ccc2S(C)(=O)=O)nc2cc(C(F)(F)C(F)(F)F)nnc21. The number of rotatable bonds is 4. The number of hydrogen-bond acceptors (Lipinski definition) is 7. The van der Waals surface area contributed by atoms with Crippen molar-refractivity contribution in [1.29, 1.82) is 0 Å². The zero-order valence-electron chi connectivity index (χ0n) is 15.1. The number of alkyl halides is 5. The highest BCUT2D eigenvalue weighted by molar-refractivity contribution is 7.90. The molecule has 15 heteroatoms. The number of aryl methyl sites for hydroxylation is 1. The Morgan fingerprint density at radius 2 is 1.73 bits per heavy atom. The summed E-state index contributed by atoms with van der Waals surface area (Å²) in [5, 5.41) is 6.29. The normalized spacial score (nSPS) is 13.0. The van der Waals surface area contributed by atoms with Crippen LogP contribution >= 0.6 is 0 Å². The quantitative estimate of drug-likeness (QED) is 0.597. The second-order valence-electron chi connectivity index (χ2n) is 6.18. The van der Waals surface area contributed by atoms with Gasteiger partial charge in [0.15, 0.2) is 21.3 Å². The monoisotopic (exact) mass is 450 g/mol. The number of sulfone groups is 1. The van der Waals surface area contributed by atoms with Gasteiger partial charge in [0, 0.05) is 13.3 Å². The standard InChI is InChI=1S/C15H11F5N6O3S/c1-26-12-7(5-9(24-25-12)14(16,17)15(18,19)20)23-13(26)10-8(30(2,28)29)4-3-6(22-10)11(21)27/h3-5H,1-2H3,(H2,21,27). The Morgan fingerprint density at radius 3 is 2.27 bits per heavy atom. The molecule has 0 aliphatic rings. The largest absolute Gasteiger partial charge is 0.459 e. The summed E-state index contributed by atoms with van der Waals surface area (Å²) in [6.45, 7) is 0. The minimum absolute atomic E-state index is 0.225. The molecule has 0 saturated heterocycles. The molecule has 0 fully saturated rings. The number of nitrogens with two attached hydrogens (primary N) is 1. The molecule has 0 spiro atoms. The molecular formula is C15H11F5N6O3S. The van der Waals surface area contributed by atoms with Crippen LogP contribution in [0.25, 0.3) is 22.7 Å². The Morgan fingerprint density at radius 1 is 1.10 bits per heavy atom. The summed E-state index contributed by atoms with van der Waals surface area (Å²) in [7, 11) is -2.62. The van der Waals surface area contributed by atoms with Gasteiger partial charge in [0.25, 0.3) is 5.91 Å². The van der Waals surface area contributed by atoms with E-state index in [4.69, 9.17) is 5.73 Å². The first-order valence-electron chi connectivity index (χ1n) is 7.81. The number of aromatic nitrogens is 5. The number of pyridine rings is 1. The molecule has 3 heterocycles. The highest BCUT2D eigenvalue weighted by Crippen LogP contribution is 2.43. The lowest BCUT2D eigenvalue weighted by atomic mass is 10.2. The molecule has 0 atom stereocenters. The minimum Gasteiger partial charge on any atom is -0.364 e. The summed E-state index contributed by atoms with van der Waals surface area (Å²) in [6, 6.07) is 2.50. The molecule has 0 radical (unpaired) electrons. The number of hydrogen-bond donors (Lipinski definition) is 1. The molecule has 0 saturated carbocycles. The molecule has 0 bridgehead atoms. The van der Waals surface area contributed by atoms with Crippen LogP contribution in [0.3, 0.4) is 0 Å². The number of nitrogens with zero attached hydrogens (tertiary/aromatic N) is 5. The number of primary amides is 1. The van der Waals surface area contributed by atoms with Gasteiger partial charge in [-0.2, -0.15) is 22.0 Å². The van der Waals surface area contributed by atoms with Gasteiger partial charge in [0.05, 0.1) is 4.90 Å². The van der Waals surface area contributed by atoms with Crippen molar-refractivity contribution in [1.82, 2.24) is 24.7 Å². The molecule has 0 unspecified atom stereocenters. The Kier molecular flexibility index (Phi) is 4.76. The van der Waals surface area contributed by atoms with E-state index >= 15 is 0 Å². The maximum absolute atomic E-state index is 13.6. The molecule has 1 amide bonds. The number of imidazole rings is 1. The van der Waals surface area contributed by atoms with E-state index in [1.54, 1.807) is 0 Å². The molecule has 3 aromatic heterocycles. The number of carbonyl (C=O) groups excluding carboxylic acids is 1. The summed E-state index contributed by atoms with van der Waals surface area (Å²) in [5.74, 6) is -6.54. The first-order chi connectivity index (χ1) is 13.6. The van der Waals surface area contributed by atoms with Gasteiger partial charge < -0.3 is 10.3 Å². The van der Waals surface area contributed by atoms with Crippen molar-refractivity contribution in [2.45, 2.75) is 17.0 Å². The molecule has 0 aliphatic carbocycles. The van der Waals surface area contributed by atoms with Crippen LogP contribution in [0.2, 0.25) is 0 Å². The van der Waals surface area contributed by atoms with E-state index in [-0.39, 0.29) is 27.8 Å². The fraction of sp³-hybridized carbons (Fsp3) is 0.267. The van der Waals surface area contributed by atoms with Crippen LogP contribution in [-0.4, -0.2) is 51.5 Å². The number of carbonyl (C=O) groups is 1. The average molecular weight is 450 g/mol. The lowest BCUT2D eigenvalue weighted by Crippen LogP contribution is -2.34. The van der Waals surface area contributed by atoms with Crippen LogP contribution in [0.15, 0.2) is 23.1 Å². The Hall–Kier alpha value is -3.23. The maximum atomic E-state index is 13.6. The second-order valence-corrected chi connectivity index (χ2v) is 8.17. The summed E-state index contributed by atoms with van der Waals surface area (Å²) < 4.78 is 90.2. The number of amides is 1. The van der Waals surface area contributed by atoms with Gasteiger partial charge in [-0.1, -0.05) is 0 Å². The van der Waals surface area contributed by atoms with E-state index in [9.17, 15) is 35.2 Å². The van der Waals surface area contributed by atoms with Crippen molar-refractivity contribution < 1.29 is 35.2 Å². The van der Waals surface area contributed by atoms with Gasteiger partial charge in [-0.15, -0.1) is 10.2 Å². The Bertz CT molecular complexity index is 1290. The van der Waals surface area contributed by atoms with Gasteiger partial charge >= 0.3 is 12.1 Å². The zero-order chi connectivity index (χ0) is 22.6. The van der Waals surface area contributed by atoms with E-state index in [1.165, 1.54) is 7.05 Å². The number of halogens is 5. The van der Waals surface area contributed by atoms with Gasteiger partial charge in [0.2, 0.25) is 0 Å². The summed E-state index contributed by atoms with van der Waals surface area (Å²) >= 11 is 0. The van der Waals surface area contributed by atoms with E-state index in [0.29, 0.717) is 6.07 Å². The third-order valence-electron chi connectivity index (χ3n) is 4.02. The highest BCUT2D eigenvalue weighted by Gasteiger charge is 2.60. The lowest BCUT2D eigenvalue weighted by molar-refractivity contribution is -0.291. The second kappa shape index (κ2) is 6.65. The smallest absolute Gasteiger partial charge is 0.364 e. The summed E-state index contributed by atoms with van der Waals surface area (Å²) in [4.78, 5) is 18.8. The molecule has 2 N–H and O–H groups in total. The van der Waals surface area contributed by atoms with Crippen molar-refractivity contribution in [2.24, 2.45) is 12.8 Å². The van der Waals surface area contributed by atoms with Crippen LogP contribution in [0.4, 0.5) is 22.0 Å². The highest BCUT2D eigenvalue weighted by atomic mass is 32.2. The van der Waals surface area contributed by atoms with Crippen molar-refractivity contribution in [2.75, 3.05) is 6.26 Å². The van der Waals surface area contributed by atoms with E-state index < -0.39 is 39.1 Å². The minimum atomic E-state index is -5.91. The first-order valence-corrected chi connectivity index (χ1v) is 9.70. The van der Waals surface area contributed by atoms with Gasteiger partial charge in [-0.25, -0.2) is 18.4 Å². The van der Waals surface area contributed by atoms with E-state index in [0.717, 1.165) is 23.0 Å². The van der Waals surface area contributed by atoms with E-state index in [1.807, 2.05) is 0 Å². The molecular weight excluding hydrogens is 439 g/mol. The summed E-state index contributed by atoms with van der Waals surface area (Å²) in [5.41, 5.74) is 2.13. The van der Waals surface area contributed by atoms with Gasteiger partial charge in [0.1, 0.15) is 22.6 Å². The van der Waals surface area contributed by atoms with Crippen molar-refractivity contribution in [3.8, 4) is 11.5 Å². The predicted molar refractivity (Wildman–Crippen MR) is 91.1 cm³/mol. The molecule has 3 rings (SSSR count). The van der Waals surface area contributed by atoms with Crippen molar-refractivity contribution >= 4 is 26.9 Å². The average Bonchev–Trinajstić information content (AvgIpc) is 2.95. The number of fused-ring (bicyclic) bond motifs is 1. The molecule has 0 aromatic carbocycles. The zero-order valence-corrected chi connectivity index (χ0v) is 15.9. The third kappa shape index (κ3) is 3.44. The van der Waals surface area contributed by atoms with Crippen LogP contribution in [-0.2, 0) is 22.8 Å². The molecule has 3 aromatic rings. The van der Waals surface area contributed by atoms with Gasteiger partial charge in [-0.05, 0) is 18.2 Å². The molecule has 30 heavy (non-hydrogen) atoms. The van der Waals surface area contributed by atoms with E-state index in [2.05, 4.69) is 20.2 Å². The van der Waals surface area contributed by atoms with Gasteiger partial charge in [-0.3, -0.25) is 4.79 Å². The maximum Gasteiger partial charge on any atom is 0.459 e. The summed E-state index contributed by atoms with van der Waals surface area (Å²) in [6.07, 6.45) is -5.06. The predicted octanol–water partition coefficient (Wildman–Crippen LogP) is 1.58. The van der Waals surface area contributed by atoms with Crippen LogP contribution in [0, 0.1) is 0 Å². The Balaban J connectivity index is 2.30. The lowest BCUT2D eigenvalue weighted by Gasteiger charge is -2.17. The van der Waals surface area contributed by atoms with Crippen molar-refractivity contribution in [3.05, 3.63) is 29.6 Å². The third-order valence-corrected chi connectivity index (χ3v) is 5.14. The Labute approximate surface area is 164 Å². The first kappa shape index (κ1) is 21.5.